The van der Waals surface area contributed by atoms with E-state index >= 15 is 0 Å². The van der Waals surface area contributed by atoms with Crippen molar-refractivity contribution in [2.24, 2.45) is 11.7 Å². The maximum Gasteiger partial charge on any atom is 0.198 e. The van der Waals surface area contributed by atoms with Gasteiger partial charge in [-0.3, -0.25) is 4.79 Å². The van der Waals surface area contributed by atoms with Crippen LogP contribution in [-0.4, -0.2) is 21.6 Å². The number of para-hydroxylation sites is 1. The minimum absolute atomic E-state index is 0.0775. The van der Waals surface area contributed by atoms with E-state index in [1.165, 1.54) is 0 Å². The molecular weight excluding hydrogens is 226 g/mol. The molecule has 2 rings (SSSR count). The van der Waals surface area contributed by atoms with Crippen molar-refractivity contribution >= 4 is 5.78 Å². The lowest BCUT2D eigenvalue weighted by atomic mass is 9.99. The quantitative estimate of drug-likeness (QED) is 0.836. The van der Waals surface area contributed by atoms with Crippen LogP contribution in [0.25, 0.3) is 5.69 Å². The van der Waals surface area contributed by atoms with Crippen LogP contribution < -0.4 is 5.73 Å². The average molecular weight is 243 g/mol. The molecule has 4 heteroatoms. The number of benzene rings is 1. The molecule has 18 heavy (non-hydrogen) atoms. The van der Waals surface area contributed by atoms with Crippen LogP contribution in [-0.2, 0) is 0 Å². The molecule has 2 aromatic rings. The summed E-state index contributed by atoms with van der Waals surface area (Å²) in [7, 11) is 0. The fourth-order valence-corrected chi connectivity index (χ4v) is 1.74. The molecule has 0 aliphatic carbocycles. The van der Waals surface area contributed by atoms with Crippen molar-refractivity contribution < 1.29 is 4.79 Å². The SMILES string of the molecule is CC(C)C(N)C(=O)c1ccnn1-c1ccccc1. The van der Waals surface area contributed by atoms with Crippen LogP contribution in [0.15, 0.2) is 42.6 Å². The Balaban J connectivity index is 2.37. The second-order valence-electron chi connectivity index (χ2n) is 4.60. The summed E-state index contributed by atoms with van der Waals surface area (Å²) < 4.78 is 1.63. The molecule has 0 saturated heterocycles. The molecule has 1 aromatic heterocycles. The minimum Gasteiger partial charge on any atom is -0.321 e. The third kappa shape index (κ3) is 2.33. The van der Waals surface area contributed by atoms with Gasteiger partial charge in [-0.2, -0.15) is 5.10 Å². The maximum absolute atomic E-state index is 12.3. The first-order valence-electron chi connectivity index (χ1n) is 6.00. The first-order chi connectivity index (χ1) is 8.61. The van der Waals surface area contributed by atoms with Crippen LogP contribution in [0.4, 0.5) is 0 Å². The lowest BCUT2D eigenvalue weighted by Gasteiger charge is -2.15. The molecule has 0 radical (unpaired) electrons. The Morgan fingerprint density at radius 2 is 1.89 bits per heavy atom. The first kappa shape index (κ1) is 12.5. The van der Waals surface area contributed by atoms with Crippen molar-refractivity contribution in [3.8, 4) is 5.69 Å². The van der Waals surface area contributed by atoms with E-state index in [4.69, 9.17) is 5.73 Å². The van der Waals surface area contributed by atoms with Crippen LogP contribution in [0.1, 0.15) is 24.3 Å². The zero-order valence-corrected chi connectivity index (χ0v) is 10.6. The number of hydrogen-bond donors (Lipinski definition) is 1. The van der Waals surface area contributed by atoms with Crippen molar-refractivity contribution in [2.75, 3.05) is 0 Å². The number of carbonyl (C=O) groups is 1. The van der Waals surface area contributed by atoms with Gasteiger partial charge in [0.15, 0.2) is 5.78 Å². The lowest BCUT2D eigenvalue weighted by Crippen LogP contribution is -2.36. The summed E-state index contributed by atoms with van der Waals surface area (Å²) in [5.74, 6) is 0.0305. The van der Waals surface area contributed by atoms with Gasteiger partial charge in [-0.15, -0.1) is 0 Å². The summed E-state index contributed by atoms with van der Waals surface area (Å²) >= 11 is 0. The number of ketones is 1. The fourth-order valence-electron chi connectivity index (χ4n) is 1.74. The monoisotopic (exact) mass is 243 g/mol. The molecule has 0 saturated carbocycles. The van der Waals surface area contributed by atoms with E-state index in [0.29, 0.717) is 5.69 Å². The number of carbonyl (C=O) groups excluding carboxylic acids is 1. The molecule has 1 atom stereocenters. The predicted molar refractivity (Wildman–Crippen MR) is 70.7 cm³/mol. The van der Waals surface area contributed by atoms with Gasteiger partial charge in [0.05, 0.1) is 17.9 Å². The molecule has 0 spiro atoms. The summed E-state index contributed by atoms with van der Waals surface area (Å²) in [4.78, 5) is 12.3. The summed E-state index contributed by atoms with van der Waals surface area (Å²) in [5.41, 5.74) is 7.30. The maximum atomic E-state index is 12.3. The first-order valence-corrected chi connectivity index (χ1v) is 6.00. The molecule has 0 amide bonds. The number of Topliss-reactive ketones (excluding diaryl/α,β-unsaturated/α-hetero) is 1. The van der Waals surface area contributed by atoms with Gasteiger partial charge in [0, 0.05) is 0 Å². The normalized spacial score (nSPS) is 12.7. The van der Waals surface area contributed by atoms with Gasteiger partial charge in [-0.1, -0.05) is 32.0 Å². The van der Waals surface area contributed by atoms with Gasteiger partial charge in [0.25, 0.3) is 0 Å². The van der Waals surface area contributed by atoms with Crippen LogP contribution >= 0.6 is 0 Å². The highest BCUT2D eigenvalue weighted by molar-refractivity contribution is 5.99. The predicted octanol–water partition coefficient (Wildman–Crippen LogP) is 2.04. The molecule has 0 fully saturated rings. The molecular formula is C14H17N3O. The molecule has 0 aliphatic heterocycles. The molecule has 4 nitrogen and oxygen atoms in total. The van der Waals surface area contributed by atoms with Gasteiger partial charge in [0.1, 0.15) is 5.69 Å². The number of hydrogen-bond acceptors (Lipinski definition) is 3. The van der Waals surface area contributed by atoms with Gasteiger partial charge in [-0.25, -0.2) is 4.68 Å². The zero-order chi connectivity index (χ0) is 13.1. The van der Waals surface area contributed by atoms with Crippen molar-refractivity contribution in [2.45, 2.75) is 19.9 Å². The highest BCUT2D eigenvalue weighted by Crippen LogP contribution is 2.13. The molecule has 0 bridgehead atoms. The highest BCUT2D eigenvalue weighted by atomic mass is 16.1. The van der Waals surface area contributed by atoms with Crippen LogP contribution in [0, 0.1) is 5.92 Å². The van der Waals surface area contributed by atoms with E-state index in [9.17, 15) is 4.79 Å². The Labute approximate surface area is 106 Å². The second-order valence-corrected chi connectivity index (χ2v) is 4.60. The van der Waals surface area contributed by atoms with E-state index in [0.717, 1.165) is 5.69 Å². The van der Waals surface area contributed by atoms with Crippen molar-refractivity contribution in [3.05, 3.63) is 48.3 Å². The van der Waals surface area contributed by atoms with Crippen molar-refractivity contribution in [1.29, 1.82) is 0 Å². The van der Waals surface area contributed by atoms with Crippen molar-refractivity contribution in [3.63, 3.8) is 0 Å². The van der Waals surface area contributed by atoms with E-state index in [2.05, 4.69) is 5.10 Å². The van der Waals surface area contributed by atoms with Crippen molar-refractivity contribution in [1.82, 2.24) is 9.78 Å². The molecule has 1 heterocycles. The zero-order valence-electron chi connectivity index (χ0n) is 10.6. The van der Waals surface area contributed by atoms with Gasteiger partial charge >= 0.3 is 0 Å². The Morgan fingerprint density at radius 1 is 1.22 bits per heavy atom. The summed E-state index contributed by atoms with van der Waals surface area (Å²) in [6, 6.07) is 10.8. The Bertz CT molecular complexity index is 531. The molecule has 0 aliphatic rings. The number of nitrogens with two attached hydrogens (primary N) is 1. The molecule has 1 unspecified atom stereocenters. The summed E-state index contributed by atoms with van der Waals surface area (Å²) in [5, 5.41) is 4.19. The van der Waals surface area contributed by atoms with E-state index in [1.807, 2.05) is 44.2 Å². The Morgan fingerprint density at radius 3 is 2.50 bits per heavy atom. The topological polar surface area (TPSA) is 60.9 Å². The molecule has 94 valence electrons. The summed E-state index contributed by atoms with van der Waals surface area (Å²) in [6.07, 6.45) is 1.62. The van der Waals surface area contributed by atoms with Gasteiger partial charge in [0.2, 0.25) is 0 Å². The minimum atomic E-state index is -0.496. The van der Waals surface area contributed by atoms with Gasteiger partial charge in [-0.05, 0) is 24.1 Å². The highest BCUT2D eigenvalue weighted by Gasteiger charge is 2.22. The van der Waals surface area contributed by atoms with E-state index in [-0.39, 0.29) is 11.7 Å². The Kier molecular flexibility index (Phi) is 3.58. The standard InChI is InChI=1S/C14H17N3O/c1-10(2)13(15)14(18)12-8-9-16-17(12)11-6-4-3-5-7-11/h3-10,13H,15H2,1-2H3. The molecule has 2 N–H and O–H groups in total. The smallest absolute Gasteiger partial charge is 0.198 e. The average Bonchev–Trinajstić information content (AvgIpc) is 2.87. The van der Waals surface area contributed by atoms with Crippen LogP contribution in [0.2, 0.25) is 0 Å². The van der Waals surface area contributed by atoms with E-state index < -0.39 is 6.04 Å². The number of nitrogens with zero attached hydrogens (tertiary/aromatic N) is 2. The Hall–Kier alpha value is -1.94. The van der Waals surface area contributed by atoms with Gasteiger partial charge < -0.3 is 5.73 Å². The largest absolute Gasteiger partial charge is 0.321 e. The lowest BCUT2D eigenvalue weighted by molar-refractivity contribution is 0.0933. The number of rotatable bonds is 4. The third-order valence-electron chi connectivity index (χ3n) is 2.92. The second kappa shape index (κ2) is 5.14. The number of aromatic nitrogens is 2. The van der Waals surface area contributed by atoms with Crippen LogP contribution in [0.5, 0.6) is 0 Å². The fraction of sp³-hybridized carbons (Fsp3) is 0.286. The van der Waals surface area contributed by atoms with E-state index in [1.54, 1.807) is 16.9 Å². The summed E-state index contributed by atoms with van der Waals surface area (Å²) in [6.45, 7) is 3.87. The third-order valence-corrected chi connectivity index (χ3v) is 2.92. The van der Waals surface area contributed by atoms with Crippen LogP contribution in [0.3, 0.4) is 0 Å². The molecule has 1 aromatic carbocycles.